The minimum atomic E-state index is -0.252. The lowest BCUT2D eigenvalue weighted by Gasteiger charge is -2.44. The van der Waals surface area contributed by atoms with Crippen molar-refractivity contribution < 1.29 is 9.18 Å². The molecule has 2 unspecified atom stereocenters. The first-order chi connectivity index (χ1) is 14.3. The zero-order chi connectivity index (χ0) is 21.5. The number of hydrogen-bond acceptors (Lipinski definition) is 2. The van der Waals surface area contributed by atoms with Crippen molar-refractivity contribution in [3.63, 3.8) is 0 Å². The molecule has 3 nitrogen and oxygen atoms in total. The summed E-state index contributed by atoms with van der Waals surface area (Å²) in [6, 6.07) is 12.1. The number of halogens is 3. The number of carbonyl (C=O) groups excluding carboxylic acids is 1. The molecule has 2 atom stereocenters. The van der Waals surface area contributed by atoms with Crippen molar-refractivity contribution in [2.75, 3.05) is 26.7 Å². The number of amides is 1. The van der Waals surface area contributed by atoms with Gasteiger partial charge in [-0.3, -0.25) is 4.79 Å². The van der Waals surface area contributed by atoms with Gasteiger partial charge in [0, 0.05) is 27.9 Å². The summed E-state index contributed by atoms with van der Waals surface area (Å²) in [7, 11) is 2.11. The first-order valence-electron chi connectivity index (χ1n) is 10.5. The van der Waals surface area contributed by atoms with Crippen molar-refractivity contribution in [1.82, 2.24) is 9.80 Å². The van der Waals surface area contributed by atoms with Crippen molar-refractivity contribution in [3.8, 4) is 0 Å². The smallest absolute Gasteiger partial charge is 0.227 e. The highest BCUT2D eigenvalue weighted by atomic mass is 35.5. The molecule has 2 aliphatic rings. The zero-order valence-corrected chi connectivity index (χ0v) is 18.9. The largest absolute Gasteiger partial charge is 0.336 e. The van der Waals surface area contributed by atoms with Gasteiger partial charge in [-0.2, -0.15) is 0 Å². The van der Waals surface area contributed by atoms with Gasteiger partial charge in [-0.15, -0.1) is 0 Å². The Morgan fingerprint density at radius 3 is 2.23 bits per heavy atom. The van der Waals surface area contributed by atoms with Gasteiger partial charge < -0.3 is 9.80 Å². The Kier molecular flexibility index (Phi) is 6.11. The Bertz CT molecular complexity index is 905. The molecular formula is C24H27Cl2FN2O. The van der Waals surface area contributed by atoms with Gasteiger partial charge in [0.2, 0.25) is 5.91 Å². The molecule has 2 heterocycles. The maximum atomic E-state index is 13.7. The van der Waals surface area contributed by atoms with Crippen LogP contribution >= 0.6 is 23.2 Å². The molecule has 6 heteroatoms. The van der Waals surface area contributed by atoms with E-state index in [-0.39, 0.29) is 29.1 Å². The molecule has 0 aromatic heterocycles. The number of carbonyl (C=O) groups is 1. The summed E-state index contributed by atoms with van der Waals surface area (Å²) in [5, 5.41) is 1.15. The Hall–Kier alpha value is -1.62. The third-order valence-corrected chi connectivity index (χ3v) is 7.48. The summed E-state index contributed by atoms with van der Waals surface area (Å²) in [5.41, 5.74) is 1.77. The third-order valence-electron chi connectivity index (χ3n) is 7.04. The van der Waals surface area contributed by atoms with Crippen LogP contribution in [0.3, 0.4) is 0 Å². The summed E-state index contributed by atoms with van der Waals surface area (Å²) in [6.07, 6.45) is 2.60. The van der Waals surface area contributed by atoms with Gasteiger partial charge in [0.05, 0.1) is 6.04 Å². The van der Waals surface area contributed by atoms with Gasteiger partial charge in [-0.25, -0.2) is 4.39 Å². The molecule has 2 aromatic rings. The molecule has 0 spiro atoms. The monoisotopic (exact) mass is 448 g/mol. The van der Waals surface area contributed by atoms with Crippen LogP contribution in [0, 0.1) is 11.7 Å². The van der Waals surface area contributed by atoms with Crippen molar-refractivity contribution >= 4 is 29.1 Å². The highest BCUT2D eigenvalue weighted by molar-refractivity contribution is 6.34. The van der Waals surface area contributed by atoms with Crippen LogP contribution in [0.4, 0.5) is 4.39 Å². The molecule has 30 heavy (non-hydrogen) atoms. The maximum absolute atomic E-state index is 13.7. The molecule has 0 saturated carbocycles. The van der Waals surface area contributed by atoms with Crippen LogP contribution in [0.5, 0.6) is 0 Å². The van der Waals surface area contributed by atoms with E-state index in [0.717, 1.165) is 43.5 Å². The first kappa shape index (κ1) is 21.6. The van der Waals surface area contributed by atoms with Crippen molar-refractivity contribution in [2.45, 2.75) is 37.6 Å². The Labute approximate surface area is 187 Å². The predicted molar refractivity (Wildman–Crippen MR) is 120 cm³/mol. The molecule has 2 aliphatic heterocycles. The highest BCUT2D eigenvalue weighted by Gasteiger charge is 2.50. The van der Waals surface area contributed by atoms with Crippen LogP contribution in [0.15, 0.2) is 42.5 Å². The molecule has 0 bridgehead atoms. The van der Waals surface area contributed by atoms with E-state index in [4.69, 9.17) is 23.2 Å². The SMILES string of the molecule is CC(c1cc(Cl)cc(Cl)c1)N1CCC(C2(c3ccc(F)cc3)CCN(C)CC2)C1=O. The highest BCUT2D eigenvalue weighted by Crippen LogP contribution is 2.47. The standard InChI is InChI=1S/C24H27Cl2FN2O/c1-16(17-13-19(25)15-20(26)14-17)29-10-7-22(23(29)30)24(8-11-28(2)12-9-24)18-3-5-21(27)6-4-18/h3-6,13-16,22H,7-12H2,1-2H3. The molecule has 2 fully saturated rings. The molecule has 0 N–H and O–H groups in total. The van der Waals surface area contributed by atoms with E-state index < -0.39 is 0 Å². The Balaban J connectivity index is 1.64. The summed E-state index contributed by atoms with van der Waals surface area (Å²) >= 11 is 12.4. The van der Waals surface area contributed by atoms with Crippen LogP contribution in [0.2, 0.25) is 10.0 Å². The van der Waals surface area contributed by atoms with Crippen molar-refractivity contribution in [2.24, 2.45) is 5.92 Å². The van der Waals surface area contributed by atoms with Crippen molar-refractivity contribution in [1.29, 1.82) is 0 Å². The number of piperidine rings is 1. The van der Waals surface area contributed by atoms with E-state index >= 15 is 0 Å². The molecule has 0 aliphatic carbocycles. The number of benzene rings is 2. The van der Waals surface area contributed by atoms with E-state index in [1.54, 1.807) is 6.07 Å². The van der Waals surface area contributed by atoms with Crippen LogP contribution in [-0.4, -0.2) is 42.4 Å². The number of nitrogens with zero attached hydrogens (tertiary/aromatic N) is 2. The van der Waals surface area contributed by atoms with Gasteiger partial charge in [-0.05, 0) is 87.8 Å². The summed E-state index contributed by atoms with van der Waals surface area (Å²) < 4.78 is 13.6. The lowest BCUT2D eigenvalue weighted by atomic mass is 9.64. The molecule has 1 amide bonds. The third kappa shape index (κ3) is 3.98. The second-order valence-corrected chi connectivity index (χ2v) is 9.59. The first-order valence-corrected chi connectivity index (χ1v) is 11.3. The fourth-order valence-corrected chi connectivity index (χ4v) is 5.78. The second-order valence-electron chi connectivity index (χ2n) is 8.72. The van der Waals surface area contributed by atoms with Gasteiger partial charge in [0.25, 0.3) is 0 Å². The average Bonchev–Trinajstić information content (AvgIpc) is 3.10. The second kappa shape index (κ2) is 8.49. The van der Waals surface area contributed by atoms with Gasteiger partial charge in [0.1, 0.15) is 5.82 Å². The van der Waals surface area contributed by atoms with E-state index in [1.807, 2.05) is 36.1 Å². The van der Waals surface area contributed by atoms with Gasteiger partial charge >= 0.3 is 0 Å². The van der Waals surface area contributed by atoms with Crippen LogP contribution < -0.4 is 0 Å². The molecule has 160 valence electrons. The number of rotatable bonds is 4. The van der Waals surface area contributed by atoms with E-state index in [0.29, 0.717) is 16.6 Å². The summed E-state index contributed by atoms with van der Waals surface area (Å²) in [5.74, 6) is -0.172. The van der Waals surface area contributed by atoms with E-state index in [9.17, 15) is 9.18 Å². The topological polar surface area (TPSA) is 23.6 Å². The van der Waals surface area contributed by atoms with Crippen molar-refractivity contribution in [3.05, 3.63) is 69.5 Å². The normalized spacial score (nSPS) is 23.0. The van der Waals surface area contributed by atoms with Gasteiger partial charge in [-0.1, -0.05) is 35.3 Å². The number of hydrogen-bond donors (Lipinski definition) is 0. The molecule has 4 rings (SSSR count). The lowest BCUT2D eigenvalue weighted by molar-refractivity contribution is -0.135. The number of likely N-dealkylation sites (tertiary alicyclic amines) is 2. The summed E-state index contributed by atoms with van der Waals surface area (Å²) in [6.45, 7) is 4.59. The summed E-state index contributed by atoms with van der Waals surface area (Å²) in [4.78, 5) is 17.9. The van der Waals surface area contributed by atoms with Crippen LogP contribution in [-0.2, 0) is 10.2 Å². The van der Waals surface area contributed by atoms with Crippen LogP contribution in [0.1, 0.15) is 43.4 Å². The molecular weight excluding hydrogens is 422 g/mol. The zero-order valence-electron chi connectivity index (χ0n) is 17.4. The van der Waals surface area contributed by atoms with E-state index in [2.05, 4.69) is 11.9 Å². The average molecular weight is 449 g/mol. The fraction of sp³-hybridized carbons (Fsp3) is 0.458. The minimum Gasteiger partial charge on any atom is -0.336 e. The van der Waals surface area contributed by atoms with E-state index in [1.165, 1.54) is 12.1 Å². The lowest BCUT2D eigenvalue weighted by Crippen LogP contribution is -2.48. The molecule has 2 aromatic carbocycles. The predicted octanol–water partition coefficient (Wildman–Crippen LogP) is 5.71. The quantitative estimate of drug-likeness (QED) is 0.598. The van der Waals surface area contributed by atoms with Gasteiger partial charge in [0.15, 0.2) is 0 Å². The fourth-order valence-electron chi connectivity index (χ4n) is 5.23. The minimum absolute atomic E-state index is 0.102. The maximum Gasteiger partial charge on any atom is 0.227 e. The van der Waals surface area contributed by atoms with Crippen LogP contribution in [0.25, 0.3) is 0 Å². The Morgan fingerprint density at radius 1 is 1.03 bits per heavy atom. The molecule has 0 radical (unpaired) electrons. The molecule has 2 saturated heterocycles. The Morgan fingerprint density at radius 2 is 1.63 bits per heavy atom.